The van der Waals surface area contributed by atoms with Gasteiger partial charge < -0.3 is 0 Å². The summed E-state index contributed by atoms with van der Waals surface area (Å²) in [4.78, 5) is 33.8. The molecule has 0 saturated carbocycles. The topological polar surface area (TPSA) is 72.0 Å². The second-order valence-corrected chi connectivity index (χ2v) is 13.1. The Hall–Kier alpha value is -1.10. The van der Waals surface area contributed by atoms with E-state index in [2.05, 4.69) is 4.98 Å². The van der Waals surface area contributed by atoms with Crippen LogP contribution in [0.25, 0.3) is 0 Å². The second kappa shape index (κ2) is 9.80. The molecule has 2 amide bonds. The number of aromatic nitrogens is 1. The summed E-state index contributed by atoms with van der Waals surface area (Å²) in [6.07, 6.45) is 2.20. The van der Waals surface area contributed by atoms with E-state index in [1.54, 1.807) is 16.0 Å². The van der Waals surface area contributed by atoms with Crippen LogP contribution in [-0.4, -0.2) is 55.3 Å². The summed E-state index contributed by atoms with van der Waals surface area (Å²) in [7, 11) is 0. The third kappa shape index (κ3) is 8.27. The number of nitrogens with zero attached hydrogens (tertiary/aromatic N) is 3. The van der Waals surface area contributed by atoms with Crippen LogP contribution >= 0.6 is 11.3 Å². The first-order valence-electron chi connectivity index (χ1n) is 9.78. The van der Waals surface area contributed by atoms with Gasteiger partial charge in [-0.1, -0.05) is 0 Å². The molecule has 1 saturated heterocycles. The van der Waals surface area contributed by atoms with Crippen molar-refractivity contribution in [3.63, 3.8) is 0 Å². The molecule has 0 N–H and O–H groups in total. The fraction of sp³-hybridized carbons (Fsp3) is 0.750. The first-order chi connectivity index (χ1) is 13.3. The third-order valence-electron chi connectivity index (χ3n) is 3.92. The van der Waals surface area contributed by atoms with Gasteiger partial charge in [0.05, 0.1) is 0 Å². The molecular formula is C20H33IN3O4S-. The number of carbonyl (C=O) groups excluding carboxylic acids is 2. The molecule has 0 aromatic carbocycles. The van der Waals surface area contributed by atoms with Crippen LogP contribution in [0.2, 0.25) is 0 Å². The second-order valence-electron chi connectivity index (χ2n) is 9.21. The number of amides is 2. The zero-order valence-electron chi connectivity index (χ0n) is 18.5. The summed E-state index contributed by atoms with van der Waals surface area (Å²) in [5.74, 6) is 0.467. The van der Waals surface area contributed by atoms with E-state index in [4.69, 9.17) is 9.47 Å². The number of alkyl halides is 2. The maximum atomic E-state index is 12.7. The Bertz CT molecular complexity index is 711. The van der Waals surface area contributed by atoms with Gasteiger partial charge in [0.15, 0.2) is 0 Å². The summed E-state index contributed by atoms with van der Waals surface area (Å²) >= 11 is 1.23. The van der Waals surface area contributed by atoms with E-state index >= 15 is 0 Å². The van der Waals surface area contributed by atoms with Crippen LogP contribution in [0.1, 0.15) is 52.8 Å². The molecule has 9 heteroatoms. The quantitative estimate of drug-likeness (QED) is 0.323. The fourth-order valence-corrected chi connectivity index (χ4v) is 6.64. The molecule has 0 radical (unpaired) electrons. The molecule has 29 heavy (non-hydrogen) atoms. The van der Waals surface area contributed by atoms with Gasteiger partial charge in [0.1, 0.15) is 0 Å². The molecule has 0 bridgehead atoms. The first-order valence-corrected chi connectivity index (χ1v) is 13.6. The number of likely N-dealkylation sites (tertiary alicyclic amines) is 1. The number of aryl methyl sites for hydroxylation is 1. The van der Waals surface area contributed by atoms with Crippen molar-refractivity contribution in [2.75, 3.05) is 27.0 Å². The van der Waals surface area contributed by atoms with Crippen molar-refractivity contribution in [2.45, 2.75) is 66.1 Å². The SMILES string of the molecule is Cc1cnc(N(C[I-]CC2CCN(C(=O)OC(C)(C)C)C2)C(=O)OC(C)(C)C)s1. The molecule has 2 rings (SSSR count). The van der Waals surface area contributed by atoms with E-state index in [9.17, 15) is 9.59 Å². The minimum absolute atomic E-state index is 0.230. The van der Waals surface area contributed by atoms with Crippen molar-refractivity contribution in [3.05, 3.63) is 11.1 Å². The van der Waals surface area contributed by atoms with Gasteiger partial charge in [-0.25, -0.2) is 0 Å². The number of halogens is 1. The van der Waals surface area contributed by atoms with Crippen LogP contribution in [0, 0.1) is 12.8 Å². The Morgan fingerprint density at radius 1 is 1.24 bits per heavy atom. The molecule has 2 heterocycles. The standard InChI is InChI=1S/C20H33IN3O4S/c1-14-11-22-16(29-14)24(18(26)28-20(5,6)7)13-21-10-15-8-9-23(12-15)17(25)27-19(2,3)4/h11,15H,8-10,12-13H2,1-7H3/q-1. The number of hydrogen-bond donors (Lipinski definition) is 0. The number of thiazole rings is 1. The molecule has 1 aromatic heterocycles. The molecular weight excluding hydrogens is 505 g/mol. The van der Waals surface area contributed by atoms with E-state index in [1.807, 2.05) is 48.5 Å². The van der Waals surface area contributed by atoms with E-state index in [0.717, 1.165) is 28.8 Å². The number of carbonyl (C=O) groups is 2. The Balaban J connectivity index is 1.88. The Labute approximate surface area is 188 Å². The Kier molecular flexibility index (Phi) is 8.17. The predicted octanol–water partition coefficient (Wildman–Crippen LogP) is 1.50. The Morgan fingerprint density at radius 3 is 2.45 bits per heavy atom. The molecule has 1 aliphatic rings. The average Bonchev–Trinajstić information content (AvgIpc) is 3.17. The first kappa shape index (κ1) is 24.2. The van der Waals surface area contributed by atoms with Crippen molar-refractivity contribution < 1.29 is 40.3 Å². The zero-order valence-corrected chi connectivity index (χ0v) is 21.4. The van der Waals surface area contributed by atoms with Crippen molar-refractivity contribution in [1.29, 1.82) is 0 Å². The molecule has 1 fully saturated rings. The summed E-state index contributed by atoms with van der Waals surface area (Å²) in [5, 5.41) is 0.693. The van der Waals surface area contributed by atoms with Crippen LogP contribution in [0.15, 0.2) is 6.20 Å². The summed E-state index contributed by atoms with van der Waals surface area (Å²) in [6, 6.07) is 0. The maximum absolute atomic E-state index is 12.7. The molecule has 1 aromatic rings. The molecule has 1 atom stereocenters. The Morgan fingerprint density at radius 2 is 1.90 bits per heavy atom. The van der Waals surface area contributed by atoms with Gasteiger partial charge >= 0.3 is 189 Å². The van der Waals surface area contributed by atoms with Crippen LogP contribution < -0.4 is 26.1 Å². The molecule has 166 valence electrons. The van der Waals surface area contributed by atoms with Gasteiger partial charge in [-0.2, -0.15) is 0 Å². The van der Waals surface area contributed by atoms with Crippen molar-refractivity contribution in [3.8, 4) is 0 Å². The van der Waals surface area contributed by atoms with Gasteiger partial charge in [0.25, 0.3) is 0 Å². The molecule has 7 nitrogen and oxygen atoms in total. The fourth-order valence-electron chi connectivity index (χ4n) is 2.70. The number of anilines is 1. The molecule has 0 spiro atoms. The zero-order chi connectivity index (χ0) is 21.8. The predicted molar refractivity (Wildman–Crippen MR) is 111 cm³/mol. The number of ether oxygens (including phenoxy) is 2. The molecule has 0 aliphatic carbocycles. The van der Waals surface area contributed by atoms with Crippen LogP contribution in [-0.2, 0) is 9.47 Å². The summed E-state index contributed by atoms with van der Waals surface area (Å²) in [5.41, 5.74) is -1.01. The van der Waals surface area contributed by atoms with Crippen molar-refractivity contribution in [1.82, 2.24) is 9.88 Å². The van der Waals surface area contributed by atoms with Crippen LogP contribution in [0.5, 0.6) is 0 Å². The van der Waals surface area contributed by atoms with Gasteiger partial charge in [0.2, 0.25) is 0 Å². The van der Waals surface area contributed by atoms with Crippen molar-refractivity contribution >= 4 is 28.7 Å². The van der Waals surface area contributed by atoms with Crippen LogP contribution in [0.3, 0.4) is 0 Å². The van der Waals surface area contributed by atoms with E-state index in [0.29, 0.717) is 15.6 Å². The number of hydrogen-bond acceptors (Lipinski definition) is 6. The average molecular weight is 538 g/mol. The van der Waals surface area contributed by atoms with Crippen LogP contribution in [0.4, 0.5) is 14.7 Å². The van der Waals surface area contributed by atoms with E-state index in [1.165, 1.54) is 11.3 Å². The normalized spacial score (nSPS) is 17.5. The van der Waals surface area contributed by atoms with E-state index < -0.39 is 11.2 Å². The van der Waals surface area contributed by atoms with E-state index in [-0.39, 0.29) is 33.4 Å². The molecule has 1 unspecified atom stereocenters. The minimum atomic E-state index is -0.542. The monoisotopic (exact) mass is 538 g/mol. The van der Waals surface area contributed by atoms with Gasteiger partial charge in [0, 0.05) is 0 Å². The molecule has 1 aliphatic heterocycles. The third-order valence-corrected chi connectivity index (χ3v) is 7.89. The van der Waals surface area contributed by atoms with Crippen molar-refractivity contribution in [2.24, 2.45) is 5.92 Å². The number of rotatable bonds is 5. The summed E-state index contributed by atoms with van der Waals surface area (Å²) in [6.45, 7) is 14.7. The van der Waals surface area contributed by atoms with Gasteiger partial charge in [-0.05, 0) is 0 Å². The summed E-state index contributed by atoms with van der Waals surface area (Å²) < 4.78 is 12.8. The van der Waals surface area contributed by atoms with Gasteiger partial charge in [-0.3, -0.25) is 0 Å². The van der Waals surface area contributed by atoms with Gasteiger partial charge in [-0.15, -0.1) is 0 Å².